The normalized spacial score (nSPS) is 11.0. The number of pyridine rings is 1. The van der Waals surface area contributed by atoms with Crippen molar-refractivity contribution in [2.24, 2.45) is 0 Å². The fourth-order valence-corrected chi connectivity index (χ4v) is 2.79. The molecule has 0 radical (unpaired) electrons. The topological polar surface area (TPSA) is 68.4 Å². The van der Waals surface area contributed by atoms with Gasteiger partial charge in [-0.2, -0.15) is 0 Å². The number of benzene rings is 1. The van der Waals surface area contributed by atoms with Crippen molar-refractivity contribution >= 4 is 34.8 Å². The van der Waals surface area contributed by atoms with Gasteiger partial charge in [0.2, 0.25) is 5.91 Å². The van der Waals surface area contributed by atoms with Gasteiger partial charge >= 0.3 is 5.69 Å². The number of nitrogens with one attached hydrogen (secondary N) is 1. The Kier molecular flexibility index (Phi) is 5.40. The summed E-state index contributed by atoms with van der Waals surface area (Å²) >= 11 is 11.8. The van der Waals surface area contributed by atoms with Crippen LogP contribution in [-0.2, 0) is 17.8 Å². The second kappa shape index (κ2) is 7.72. The van der Waals surface area contributed by atoms with Gasteiger partial charge in [-0.3, -0.25) is 9.20 Å². The Morgan fingerprint density at radius 3 is 2.76 bits per heavy atom. The molecule has 0 saturated carbocycles. The number of fused-ring (bicyclic) bond motifs is 1. The highest BCUT2D eigenvalue weighted by Crippen LogP contribution is 2.22. The van der Waals surface area contributed by atoms with Gasteiger partial charge in [-0.1, -0.05) is 35.3 Å². The fraction of sp³-hybridized carbons (Fsp3) is 0.235. The van der Waals surface area contributed by atoms with Crippen LogP contribution in [-0.4, -0.2) is 26.6 Å². The van der Waals surface area contributed by atoms with Crippen molar-refractivity contribution in [1.82, 2.24) is 19.5 Å². The molecule has 6 nitrogen and oxygen atoms in total. The van der Waals surface area contributed by atoms with Crippen LogP contribution in [0.4, 0.5) is 0 Å². The molecule has 8 heteroatoms. The van der Waals surface area contributed by atoms with Crippen LogP contribution in [0.1, 0.15) is 12.0 Å². The third-order valence-electron chi connectivity index (χ3n) is 3.71. The van der Waals surface area contributed by atoms with E-state index in [1.807, 2.05) is 6.07 Å². The molecule has 0 spiro atoms. The molecule has 2 aromatic heterocycles. The standard InChI is InChI=1S/C17H16Cl2N4O2/c18-13-6-5-12(10-14(13)19)11-16(24)20-7-3-9-23-17(25)22-8-2-1-4-15(22)21-23/h1-2,4-6,8,10H,3,7,9,11H2,(H,20,24). The molecule has 0 fully saturated rings. The summed E-state index contributed by atoms with van der Waals surface area (Å²) in [5, 5.41) is 7.96. The first kappa shape index (κ1) is 17.5. The van der Waals surface area contributed by atoms with Crippen LogP contribution in [0.5, 0.6) is 0 Å². The largest absolute Gasteiger partial charge is 0.356 e. The first-order valence-corrected chi connectivity index (χ1v) is 8.55. The molecule has 1 N–H and O–H groups in total. The van der Waals surface area contributed by atoms with Crippen LogP contribution in [0, 0.1) is 0 Å². The molecule has 1 aromatic carbocycles. The van der Waals surface area contributed by atoms with E-state index in [9.17, 15) is 9.59 Å². The van der Waals surface area contributed by atoms with Crippen molar-refractivity contribution in [1.29, 1.82) is 0 Å². The van der Waals surface area contributed by atoms with Crippen molar-refractivity contribution in [3.8, 4) is 0 Å². The minimum absolute atomic E-state index is 0.110. The van der Waals surface area contributed by atoms with Gasteiger partial charge in [0.1, 0.15) is 0 Å². The summed E-state index contributed by atoms with van der Waals surface area (Å²) in [6, 6.07) is 10.5. The molecular weight excluding hydrogens is 363 g/mol. The smallest absolute Gasteiger partial charge is 0.350 e. The second-order valence-corrected chi connectivity index (χ2v) is 6.38. The SMILES string of the molecule is O=C(Cc1ccc(Cl)c(Cl)c1)NCCCn1nc2ccccn2c1=O. The number of rotatable bonds is 6. The van der Waals surface area contributed by atoms with Gasteiger partial charge in [0.25, 0.3) is 0 Å². The van der Waals surface area contributed by atoms with E-state index in [2.05, 4.69) is 10.4 Å². The molecule has 25 heavy (non-hydrogen) atoms. The zero-order valence-corrected chi connectivity index (χ0v) is 14.8. The third kappa shape index (κ3) is 4.21. The molecule has 3 rings (SSSR count). The van der Waals surface area contributed by atoms with Gasteiger partial charge in [-0.25, -0.2) is 9.48 Å². The number of hydrogen-bond donors (Lipinski definition) is 1. The van der Waals surface area contributed by atoms with E-state index in [-0.39, 0.29) is 18.0 Å². The maximum absolute atomic E-state index is 12.1. The van der Waals surface area contributed by atoms with E-state index >= 15 is 0 Å². The Labute approximate surface area is 154 Å². The summed E-state index contributed by atoms with van der Waals surface area (Å²) in [5.41, 5.74) is 1.22. The summed E-state index contributed by atoms with van der Waals surface area (Å²) in [6.07, 6.45) is 2.52. The van der Waals surface area contributed by atoms with Crippen molar-refractivity contribution in [3.63, 3.8) is 0 Å². The lowest BCUT2D eigenvalue weighted by atomic mass is 10.1. The van der Waals surface area contributed by atoms with Crippen LogP contribution >= 0.6 is 23.2 Å². The summed E-state index contributed by atoms with van der Waals surface area (Å²) < 4.78 is 2.89. The average molecular weight is 379 g/mol. The van der Waals surface area contributed by atoms with Gasteiger partial charge in [0.05, 0.1) is 16.5 Å². The van der Waals surface area contributed by atoms with Crippen molar-refractivity contribution in [2.75, 3.05) is 6.54 Å². The first-order valence-electron chi connectivity index (χ1n) is 7.79. The Morgan fingerprint density at radius 1 is 1.16 bits per heavy atom. The molecule has 130 valence electrons. The van der Waals surface area contributed by atoms with Crippen LogP contribution in [0.2, 0.25) is 10.0 Å². The molecule has 0 saturated heterocycles. The monoisotopic (exact) mass is 378 g/mol. The van der Waals surface area contributed by atoms with Crippen molar-refractivity contribution in [3.05, 3.63) is 68.7 Å². The average Bonchev–Trinajstić information content (AvgIpc) is 2.92. The molecule has 0 bridgehead atoms. The summed E-state index contributed by atoms with van der Waals surface area (Å²) in [6.45, 7) is 0.897. The molecular formula is C17H16Cl2N4O2. The number of halogens is 2. The van der Waals surface area contributed by atoms with E-state index in [1.54, 1.807) is 36.5 Å². The molecule has 3 aromatic rings. The highest BCUT2D eigenvalue weighted by atomic mass is 35.5. The molecule has 0 aliphatic rings. The maximum atomic E-state index is 12.1. The zero-order chi connectivity index (χ0) is 17.8. The molecule has 0 atom stereocenters. The molecule has 0 aliphatic heterocycles. The minimum Gasteiger partial charge on any atom is -0.356 e. The maximum Gasteiger partial charge on any atom is 0.350 e. The van der Waals surface area contributed by atoms with Crippen LogP contribution in [0.25, 0.3) is 5.65 Å². The predicted octanol–water partition coefficient (Wildman–Crippen LogP) is 2.55. The Balaban J connectivity index is 1.49. The summed E-state index contributed by atoms with van der Waals surface area (Å²) in [7, 11) is 0. The van der Waals surface area contributed by atoms with E-state index in [4.69, 9.17) is 23.2 Å². The second-order valence-electron chi connectivity index (χ2n) is 5.56. The molecule has 1 amide bonds. The highest BCUT2D eigenvalue weighted by molar-refractivity contribution is 6.42. The van der Waals surface area contributed by atoms with Gasteiger partial charge in [-0.15, -0.1) is 5.10 Å². The summed E-state index contributed by atoms with van der Waals surface area (Å²) in [5.74, 6) is -0.110. The van der Waals surface area contributed by atoms with Gasteiger partial charge in [0, 0.05) is 19.3 Å². The lowest BCUT2D eigenvalue weighted by Gasteiger charge is -2.06. The molecule has 0 aliphatic carbocycles. The lowest BCUT2D eigenvalue weighted by Crippen LogP contribution is -2.28. The predicted molar refractivity (Wildman–Crippen MR) is 97.2 cm³/mol. The number of aromatic nitrogens is 3. The van der Waals surface area contributed by atoms with Gasteiger partial charge in [0.15, 0.2) is 5.65 Å². The molecule has 2 heterocycles. The van der Waals surface area contributed by atoms with E-state index in [0.29, 0.717) is 35.2 Å². The fourth-order valence-electron chi connectivity index (χ4n) is 2.47. The minimum atomic E-state index is -0.183. The zero-order valence-electron chi connectivity index (χ0n) is 13.3. The lowest BCUT2D eigenvalue weighted by molar-refractivity contribution is -0.120. The van der Waals surface area contributed by atoms with Crippen LogP contribution in [0.3, 0.4) is 0 Å². The van der Waals surface area contributed by atoms with E-state index in [0.717, 1.165) is 5.56 Å². The highest BCUT2D eigenvalue weighted by Gasteiger charge is 2.07. The molecule has 0 unspecified atom stereocenters. The number of carbonyl (C=O) groups excluding carboxylic acids is 1. The number of hydrogen-bond acceptors (Lipinski definition) is 3. The number of nitrogens with zero attached hydrogens (tertiary/aromatic N) is 3. The quantitative estimate of drug-likeness (QED) is 0.670. The number of carbonyl (C=O) groups is 1. The third-order valence-corrected chi connectivity index (χ3v) is 4.45. The Morgan fingerprint density at radius 2 is 2.00 bits per heavy atom. The first-order chi connectivity index (χ1) is 12.0. The Bertz CT molecular complexity index is 965. The van der Waals surface area contributed by atoms with Crippen molar-refractivity contribution in [2.45, 2.75) is 19.4 Å². The van der Waals surface area contributed by atoms with Gasteiger partial charge in [-0.05, 0) is 36.2 Å². The van der Waals surface area contributed by atoms with E-state index in [1.165, 1.54) is 9.08 Å². The number of aryl methyl sites for hydroxylation is 1. The number of amides is 1. The van der Waals surface area contributed by atoms with Crippen LogP contribution < -0.4 is 11.0 Å². The Hall–Kier alpha value is -2.31. The van der Waals surface area contributed by atoms with Crippen molar-refractivity contribution < 1.29 is 4.79 Å². The van der Waals surface area contributed by atoms with E-state index < -0.39 is 0 Å². The van der Waals surface area contributed by atoms with Crippen LogP contribution in [0.15, 0.2) is 47.4 Å². The summed E-state index contributed by atoms with van der Waals surface area (Å²) in [4.78, 5) is 24.1. The van der Waals surface area contributed by atoms with Gasteiger partial charge < -0.3 is 5.32 Å².